The molecule has 0 radical (unpaired) electrons. The average Bonchev–Trinajstić information content (AvgIpc) is 2.69. The van der Waals surface area contributed by atoms with Gasteiger partial charge in [0.2, 0.25) is 0 Å². The fourth-order valence-electron chi connectivity index (χ4n) is 1.60. The van der Waals surface area contributed by atoms with Gasteiger partial charge in [0.05, 0.1) is 19.5 Å². The maximum atomic E-state index is 13.1. The Balaban J connectivity index is 2.18. The molecule has 0 unspecified atom stereocenters. The van der Waals surface area contributed by atoms with E-state index in [9.17, 15) is 9.18 Å². The molecule has 104 valence electrons. The molecule has 1 fully saturated rings. The number of urea groups is 1. The van der Waals surface area contributed by atoms with Crippen LogP contribution < -0.4 is 15.1 Å². The van der Waals surface area contributed by atoms with Crippen LogP contribution in [-0.4, -0.2) is 28.1 Å². The number of rotatable bonds is 4. The minimum atomic E-state index is -2.58. The fraction of sp³-hybridized carbons (Fsp3) is 0.300. The van der Waals surface area contributed by atoms with Gasteiger partial charge in [0.1, 0.15) is 5.75 Å². The molecular weight excluding hydrogens is 316 g/mol. The first kappa shape index (κ1) is 14.5. The van der Waals surface area contributed by atoms with Crippen LogP contribution in [0.2, 0.25) is 0 Å². The van der Waals surface area contributed by atoms with Crippen LogP contribution in [0.1, 0.15) is 0 Å². The number of methoxy groups -OCH3 is 1. The van der Waals surface area contributed by atoms with Gasteiger partial charge >= 0.3 is 9.95 Å². The van der Waals surface area contributed by atoms with E-state index in [1.807, 2.05) is 0 Å². The summed E-state index contributed by atoms with van der Waals surface area (Å²) in [6.07, 6.45) is 0. The minimum absolute atomic E-state index is 0.163. The van der Waals surface area contributed by atoms with Crippen molar-refractivity contribution in [1.29, 1.82) is 0 Å². The Morgan fingerprint density at radius 1 is 1.47 bits per heavy atom. The van der Waals surface area contributed by atoms with Crippen molar-refractivity contribution in [3.63, 3.8) is 0 Å². The van der Waals surface area contributed by atoms with Gasteiger partial charge < -0.3 is 4.74 Å². The van der Waals surface area contributed by atoms with Crippen molar-refractivity contribution in [3.05, 3.63) is 24.3 Å². The molecule has 1 aliphatic heterocycles. The number of nitrogens with zero attached hydrogens (tertiary/aromatic N) is 2. The van der Waals surface area contributed by atoms with E-state index in [2.05, 4.69) is 5.43 Å². The SMILES string of the molecule is COc1ccccc1N1CNN(SC(F)(Cl)Cl)C1=O. The van der Waals surface area contributed by atoms with E-state index in [1.54, 1.807) is 24.3 Å². The van der Waals surface area contributed by atoms with Crippen molar-refractivity contribution in [1.82, 2.24) is 9.84 Å². The second kappa shape index (κ2) is 5.62. The van der Waals surface area contributed by atoms with Crippen molar-refractivity contribution < 1.29 is 13.9 Å². The topological polar surface area (TPSA) is 44.8 Å². The predicted octanol–water partition coefficient (Wildman–Crippen LogP) is 3.11. The number of halogens is 3. The van der Waals surface area contributed by atoms with E-state index in [1.165, 1.54) is 12.0 Å². The number of alkyl halides is 3. The van der Waals surface area contributed by atoms with Gasteiger partial charge in [-0.1, -0.05) is 35.3 Å². The molecule has 1 aromatic rings. The molecule has 2 amide bonds. The molecule has 19 heavy (non-hydrogen) atoms. The van der Waals surface area contributed by atoms with Gasteiger partial charge in [-0.05, 0) is 12.1 Å². The monoisotopic (exact) mass is 325 g/mol. The highest BCUT2D eigenvalue weighted by atomic mass is 35.5. The van der Waals surface area contributed by atoms with Crippen molar-refractivity contribution in [2.24, 2.45) is 0 Å². The minimum Gasteiger partial charge on any atom is -0.495 e. The Hall–Kier alpha value is -0.890. The lowest BCUT2D eigenvalue weighted by Crippen LogP contribution is -2.31. The lowest BCUT2D eigenvalue weighted by atomic mass is 10.3. The van der Waals surface area contributed by atoms with Crippen LogP contribution in [0, 0.1) is 0 Å². The third kappa shape index (κ3) is 3.36. The lowest BCUT2D eigenvalue weighted by Gasteiger charge is -2.19. The van der Waals surface area contributed by atoms with Crippen molar-refractivity contribution in [3.8, 4) is 5.75 Å². The Morgan fingerprint density at radius 3 is 2.79 bits per heavy atom. The third-order valence-corrected chi connectivity index (χ3v) is 3.44. The third-order valence-electron chi connectivity index (χ3n) is 2.35. The Morgan fingerprint density at radius 2 is 2.16 bits per heavy atom. The first-order valence-corrected chi connectivity index (χ1v) is 6.69. The molecule has 5 nitrogen and oxygen atoms in total. The standard InChI is InChI=1S/C10H10Cl2FN3O2S/c1-18-8-5-3-2-4-7(8)15-6-14-16(9(15)17)19-10(11,12)13/h2-5,14H,6H2,1H3. The quantitative estimate of drug-likeness (QED) is 0.682. The number of hydrogen-bond acceptors (Lipinski definition) is 4. The Labute approximate surface area is 123 Å². The van der Waals surface area contributed by atoms with E-state index >= 15 is 0 Å². The molecule has 1 aromatic carbocycles. The molecule has 0 spiro atoms. The molecule has 1 heterocycles. The van der Waals surface area contributed by atoms with Crippen LogP contribution in [0.4, 0.5) is 14.9 Å². The van der Waals surface area contributed by atoms with Gasteiger partial charge in [-0.15, -0.1) is 0 Å². The Kier molecular flexibility index (Phi) is 4.29. The van der Waals surface area contributed by atoms with Gasteiger partial charge in [-0.25, -0.2) is 4.79 Å². The number of carbonyl (C=O) groups is 1. The van der Waals surface area contributed by atoms with E-state index in [0.717, 1.165) is 4.41 Å². The molecule has 1 N–H and O–H groups in total. The summed E-state index contributed by atoms with van der Waals surface area (Å²) < 4.78 is 16.6. The van der Waals surface area contributed by atoms with Crippen LogP contribution in [0.15, 0.2) is 24.3 Å². The molecule has 9 heteroatoms. The van der Waals surface area contributed by atoms with Gasteiger partial charge in [-0.3, -0.25) is 4.90 Å². The summed E-state index contributed by atoms with van der Waals surface area (Å²) in [7, 11) is 1.50. The van der Waals surface area contributed by atoms with Crippen molar-refractivity contribution in [2.45, 2.75) is 3.92 Å². The molecule has 2 rings (SSSR count). The van der Waals surface area contributed by atoms with Gasteiger partial charge in [0.25, 0.3) is 0 Å². The van der Waals surface area contributed by atoms with Crippen LogP contribution in [0.3, 0.4) is 0 Å². The lowest BCUT2D eigenvalue weighted by molar-refractivity contribution is 0.235. The molecule has 0 atom stereocenters. The maximum Gasteiger partial charge on any atom is 0.350 e. The summed E-state index contributed by atoms with van der Waals surface area (Å²) >= 11 is 10.8. The molecule has 0 saturated carbocycles. The zero-order chi connectivity index (χ0) is 14.0. The van der Waals surface area contributed by atoms with E-state index in [-0.39, 0.29) is 6.67 Å². The van der Waals surface area contributed by atoms with Crippen molar-refractivity contribution >= 4 is 46.9 Å². The number of benzene rings is 1. The molecule has 0 aliphatic carbocycles. The second-order valence-electron chi connectivity index (χ2n) is 3.53. The van der Waals surface area contributed by atoms with Crippen LogP contribution in [0.25, 0.3) is 0 Å². The number of ether oxygens (including phenoxy) is 1. The number of nitrogens with one attached hydrogen (secondary N) is 1. The largest absolute Gasteiger partial charge is 0.495 e. The first-order valence-electron chi connectivity index (χ1n) is 5.16. The van der Waals surface area contributed by atoms with E-state index < -0.39 is 9.95 Å². The van der Waals surface area contributed by atoms with Crippen LogP contribution >= 0.6 is 35.1 Å². The van der Waals surface area contributed by atoms with Gasteiger partial charge in [0, 0.05) is 11.9 Å². The molecular formula is C10H10Cl2FN3O2S. The Bertz CT molecular complexity index is 486. The number of amides is 2. The maximum absolute atomic E-state index is 13.1. The fourth-order valence-corrected chi connectivity index (χ4v) is 2.52. The number of para-hydroxylation sites is 2. The van der Waals surface area contributed by atoms with Gasteiger partial charge in [-0.2, -0.15) is 14.2 Å². The van der Waals surface area contributed by atoms with E-state index in [0.29, 0.717) is 23.4 Å². The highest BCUT2D eigenvalue weighted by Crippen LogP contribution is 2.40. The highest BCUT2D eigenvalue weighted by Gasteiger charge is 2.38. The van der Waals surface area contributed by atoms with Crippen LogP contribution in [0.5, 0.6) is 5.75 Å². The predicted molar refractivity (Wildman–Crippen MR) is 73.8 cm³/mol. The van der Waals surface area contributed by atoms with Gasteiger partial charge in [0.15, 0.2) is 0 Å². The molecule has 0 aromatic heterocycles. The molecule has 0 bridgehead atoms. The molecule has 1 saturated heterocycles. The van der Waals surface area contributed by atoms with Crippen molar-refractivity contribution in [2.75, 3.05) is 18.7 Å². The van der Waals surface area contributed by atoms with Crippen LogP contribution in [-0.2, 0) is 0 Å². The summed E-state index contributed by atoms with van der Waals surface area (Å²) in [5.41, 5.74) is 3.24. The second-order valence-corrected chi connectivity index (χ2v) is 6.32. The first-order chi connectivity index (χ1) is 8.92. The normalized spacial score (nSPS) is 16.1. The summed E-state index contributed by atoms with van der Waals surface area (Å²) in [6, 6.07) is 6.51. The highest BCUT2D eigenvalue weighted by molar-refractivity contribution is 8.01. The summed E-state index contributed by atoms with van der Waals surface area (Å²) in [5.74, 6) is 0.535. The van der Waals surface area contributed by atoms with E-state index in [4.69, 9.17) is 27.9 Å². The zero-order valence-corrected chi connectivity index (χ0v) is 12.1. The number of carbonyl (C=O) groups excluding carboxylic acids is 1. The number of anilines is 1. The zero-order valence-electron chi connectivity index (χ0n) is 9.77. The summed E-state index contributed by atoms with van der Waals surface area (Å²) in [4.78, 5) is 13.5. The average molecular weight is 326 g/mol. The summed E-state index contributed by atoms with van der Waals surface area (Å²) in [6.45, 7) is 0.163. The smallest absolute Gasteiger partial charge is 0.350 e. The molecule has 1 aliphatic rings. The number of hydrogen-bond donors (Lipinski definition) is 1. The summed E-state index contributed by atoms with van der Waals surface area (Å²) in [5, 5.41) is 0. The number of hydrazine groups is 1.